The number of terminal acetylenes is 1. The second-order valence-corrected chi connectivity index (χ2v) is 3.10. The zero-order chi connectivity index (χ0) is 10.2. The lowest BCUT2D eigenvalue weighted by molar-refractivity contribution is 0.119. The van der Waals surface area contributed by atoms with Crippen molar-refractivity contribution in [2.24, 2.45) is 0 Å². The summed E-state index contributed by atoms with van der Waals surface area (Å²) in [6.45, 7) is 1.35. The minimum absolute atomic E-state index is 0.630. The standard InChI is InChI=1S/C12H15NO/c1-2-3-4-9-14-10-11-5-7-12(13)8-6-11/h1,5-8H,3-4,9-10,13H2. The normalized spacial score (nSPS) is 9.64. The summed E-state index contributed by atoms with van der Waals surface area (Å²) >= 11 is 0. The predicted molar refractivity (Wildman–Crippen MR) is 58.6 cm³/mol. The first-order valence-corrected chi connectivity index (χ1v) is 4.68. The van der Waals surface area contributed by atoms with Gasteiger partial charge in [0.2, 0.25) is 0 Å². The molecule has 0 heterocycles. The van der Waals surface area contributed by atoms with E-state index < -0.39 is 0 Å². The molecule has 0 saturated carbocycles. The number of hydrogen-bond acceptors (Lipinski definition) is 2. The van der Waals surface area contributed by atoms with Crippen LogP contribution in [-0.2, 0) is 11.3 Å². The van der Waals surface area contributed by atoms with Crippen molar-refractivity contribution in [2.45, 2.75) is 19.4 Å². The summed E-state index contributed by atoms with van der Waals surface area (Å²) in [4.78, 5) is 0. The first-order chi connectivity index (χ1) is 6.83. The quantitative estimate of drug-likeness (QED) is 0.438. The zero-order valence-corrected chi connectivity index (χ0v) is 8.20. The maximum atomic E-state index is 5.56. The van der Waals surface area contributed by atoms with Gasteiger partial charge in [-0.15, -0.1) is 12.3 Å². The summed E-state index contributed by atoms with van der Waals surface area (Å²) in [7, 11) is 0. The van der Waals surface area contributed by atoms with Crippen molar-refractivity contribution in [3.05, 3.63) is 29.8 Å². The maximum Gasteiger partial charge on any atom is 0.0716 e. The molecule has 0 unspecified atom stereocenters. The number of benzene rings is 1. The van der Waals surface area contributed by atoms with Crippen LogP contribution in [0.25, 0.3) is 0 Å². The second kappa shape index (κ2) is 6.06. The van der Waals surface area contributed by atoms with E-state index in [4.69, 9.17) is 16.9 Å². The molecule has 2 heteroatoms. The van der Waals surface area contributed by atoms with Gasteiger partial charge in [-0.25, -0.2) is 0 Å². The molecule has 0 atom stereocenters. The molecule has 2 N–H and O–H groups in total. The lowest BCUT2D eigenvalue weighted by Crippen LogP contribution is -1.95. The molecule has 0 aliphatic heterocycles. The number of rotatable bonds is 5. The van der Waals surface area contributed by atoms with E-state index in [1.165, 1.54) is 0 Å². The lowest BCUT2D eigenvalue weighted by atomic mass is 10.2. The van der Waals surface area contributed by atoms with Crippen molar-refractivity contribution in [1.82, 2.24) is 0 Å². The highest BCUT2D eigenvalue weighted by molar-refractivity contribution is 5.39. The van der Waals surface area contributed by atoms with Crippen molar-refractivity contribution >= 4 is 5.69 Å². The summed E-state index contributed by atoms with van der Waals surface area (Å²) in [5, 5.41) is 0. The van der Waals surface area contributed by atoms with Gasteiger partial charge in [0.1, 0.15) is 0 Å². The van der Waals surface area contributed by atoms with Gasteiger partial charge in [-0.2, -0.15) is 0 Å². The molecule has 0 bridgehead atoms. The van der Waals surface area contributed by atoms with E-state index >= 15 is 0 Å². The number of nitrogens with two attached hydrogens (primary N) is 1. The fourth-order valence-corrected chi connectivity index (χ4v) is 1.08. The van der Waals surface area contributed by atoms with Crippen LogP contribution in [0.5, 0.6) is 0 Å². The maximum absolute atomic E-state index is 5.56. The Hall–Kier alpha value is -1.46. The molecule has 0 amide bonds. The molecule has 0 spiro atoms. The average molecular weight is 189 g/mol. The van der Waals surface area contributed by atoms with Crippen LogP contribution in [-0.4, -0.2) is 6.61 Å². The molecular weight excluding hydrogens is 174 g/mol. The summed E-state index contributed by atoms with van der Waals surface area (Å²) < 4.78 is 5.43. The van der Waals surface area contributed by atoms with Crippen molar-refractivity contribution in [2.75, 3.05) is 12.3 Å². The Morgan fingerprint density at radius 3 is 2.64 bits per heavy atom. The molecule has 74 valence electrons. The Kier molecular flexibility index (Phi) is 4.60. The number of anilines is 1. The molecule has 1 aromatic rings. The summed E-state index contributed by atoms with van der Waals surface area (Å²) in [5.74, 6) is 2.58. The molecule has 0 fully saturated rings. The second-order valence-electron chi connectivity index (χ2n) is 3.10. The Bertz CT molecular complexity index is 297. The highest BCUT2D eigenvalue weighted by atomic mass is 16.5. The van der Waals surface area contributed by atoms with Crippen LogP contribution in [0.1, 0.15) is 18.4 Å². The lowest BCUT2D eigenvalue weighted by Gasteiger charge is -2.03. The molecular formula is C12H15NO. The fraction of sp³-hybridized carbons (Fsp3) is 0.333. The third-order valence-electron chi connectivity index (χ3n) is 1.86. The van der Waals surface area contributed by atoms with Crippen LogP contribution < -0.4 is 5.73 Å². The van der Waals surface area contributed by atoms with Crippen molar-refractivity contribution in [1.29, 1.82) is 0 Å². The topological polar surface area (TPSA) is 35.2 Å². The van der Waals surface area contributed by atoms with Crippen LogP contribution in [0.2, 0.25) is 0 Å². The Labute approximate surface area is 85.1 Å². The Balaban J connectivity index is 2.19. The van der Waals surface area contributed by atoms with Gasteiger partial charge in [-0.05, 0) is 24.1 Å². The molecule has 1 aromatic carbocycles. The average Bonchev–Trinajstić information content (AvgIpc) is 2.21. The highest BCUT2D eigenvalue weighted by Crippen LogP contribution is 2.06. The summed E-state index contributed by atoms with van der Waals surface area (Å²) in [6, 6.07) is 7.69. The first-order valence-electron chi connectivity index (χ1n) is 4.68. The Morgan fingerprint density at radius 2 is 2.00 bits per heavy atom. The summed E-state index contributed by atoms with van der Waals surface area (Å²) in [6.07, 6.45) is 6.82. The SMILES string of the molecule is C#CCCCOCc1ccc(N)cc1. The van der Waals surface area contributed by atoms with Crippen molar-refractivity contribution in [3.8, 4) is 12.3 Å². The molecule has 0 radical (unpaired) electrons. The van der Waals surface area contributed by atoms with Crippen molar-refractivity contribution < 1.29 is 4.74 Å². The van der Waals surface area contributed by atoms with E-state index in [2.05, 4.69) is 5.92 Å². The van der Waals surface area contributed by atoms with Crippen LogP contribution in [0.4, 0.5) is 5.69 Å². The van der Waals surface area contributed by atoms with E-state index in [1.54, 1.807) is 0 Å². The van der Waals surface area contributed by atoms with Gasteiger partial charge in [-0.3, -0.25) is 0 Å². The van der Waals surface area contributed by atoms with E-state index in [-0.39, 0.29) is 0 Å². The van der Waals surface area contributed by atoms with E-state index in [0.29, 0.717) is 13.2 Å². The number of unbranched alkanes of at least 4 members (excludes halogenated alkanes) is 1. The van der Waals surface area contributed by atoms with Crippen molar-refractivity contribution in [3.63, 3.8) is 0 Å². The van der Waals surface area contributed by atoms with Gasteiger partial charge < -0.3 is 10.5 Å². The highest BCUT2D eigenvalue weighted by Gasteiger charge is 1.92. The van der Waals surface area contributed by atoms with E-state index in [1.807, 2.05) is 24.3 Å². The predicted octanol–water partition coefficient (Wildman–Crippen LogP) is 2.20. The minimum atomic E-state index is 0.630. The number of hydrogen-bond donors (Lipinski definition) is 1. The third kappa shape index (κ3) is 3.97. The van der Waals surface area contributed by atoms with E-state index in [0.717, 1.165) is 24.1 Å². The summed E-state index contributed by atoms with van der Waals surface area (Å²) in [5.41, 5.74) is 7.48. The monoisotopic (exact) mass is 189 g/mol. The van der Waals surface area contributed by atoms with Crippen LogP contribution in [0, 0.1) is 12.3 Å². The fourth-order valence-electron chi connectivity index (χ4n) is 1.08. The molecule has 1 rings (SSSR count). The third-order valence-corrected chi connectivity index (χ3v) is 1.86. The number of ether oxygens (including phenoxy) is 1. The van der Waals surface area contributed by atoms with Crippen LogP contribution in [0.15, 0.2) is 24.3 Å². The molecule has 0 aliphatic carbocycles. The number of nitrogen functional groups attached to an aromatic ring is 1. The van der Waals surface area contributed by atoms with Gasteiger partial charge in [0, 0.05) is 18.7 Å². The largest absolute Gasteiger partial charge is 0.399 e. The van der Waals surface area contributed by atoms with Crippen LogP contribution >= 0.6 is 0 Å². The smallest absolute Gasteiger partial charge is 0.0716 e. The van der Waals surface area contributed by atoms with Gasteiger partial charge in [0.25, 0.3) is 0 Å². The van der Waals surface area contributed by atoms with Gasteiger partial charge in [0.15, 0.2) is 0 Å². The first kappa shape index (κ1) is 10.6. The minimum Gasteiger partial charge on any atom is -0.399 e. The molecule has 14 heavy (non-hydrogen) atoms. The van der Waals surface area contributed by atoms with Gasteiger partial charge >= 0.3 is 0 Å². The molecule has 2 nitrogen and oxygen atoms in total. The molecule has 0 aromatic heterocycles. The van der Waals surface area contributed by atoms with E-state index in [9.17, 15) is 0 Å². The van der Waals surface area contributed by atoms with Crippen LogP contribution in [0.3, 0.4) is 0 Å². The molecule has 0 saturated heterocycles. The van der Waals surface area contributed by atoms with Gasteiger partial charge in [0.05, 0.1) is 6.61 Å². The Morgan fingerprint density at radius 1 is 1.29 bits per heavy atom. The van der Waals surface area contributed by atoms with Gasteiger partial charge in [-0.1, -0.05) is 12.1 Å². The zero-order valence-electron chi connectivity index (χ0n) is 8.20. The molecule has 0 aliphatic rings.